The Morgan fingerprint density at radius 2 is 1.54 bits per heavy atom. The van der Waals surface area contributed by atoms with Crippen molar-refractivity contribution in [3.05, 3.63) is 101 Å². The van der Waals surface area contributed by atoms with Gasteiger partial charge in [-0.25, -0.2) is 9.97 Å². The Labute approximate surface area is 225 Å². The van der Waals surface area contributed by atoms with Crippen LogP contribution in [0.2, 0.25) is 0 Å². The molecule has 1 saturated heterocycles. The van der Waals surface area contributed by atoms with Crippen LogP contribution in [0.3, 0.4) is 0 Å². The lowest BCUT2D eigenvalue weighted by molar-refractivity contribution is -0.383. The number of nitrogens with one attached hydrogen (secondary N) is 1. The normalized spacial score (nSPS) is 14.7. The van der Waals surface area contributed by atoms with Crippen LogP contribution in [0.25, 0.3) is 0 Å². The summed E-state index contributed by atoms with van der Waals surface area (Å²) < 4.78 is 10.9. The summed E-state index contributed by atoms with van der Waals surface area (Å²) in [7, 11) is 0. The fourth-order valence-corrected chi connectivity index (χ4v) is 4.80. The SMILES string of the molecule is O=[N+]([O-])c1c(NN(c2ccccc2)c2ccccc2)ncnc1N1CCN(Cc2ccc3c(c2)OCO3)CC1. The van der Waals surface area contributed by atoms with Gasteiger partial charge in [0.15, 0.2) is 11.5 Å². The first-order valence-electron chi connectivity index (χ1n) is 12.7. The van der Waals surface area contributed by atoms with Crippen LogP contribution in [0.4, 0.5) is 28.7 Å². The molecule has 0 radical (unpaired) electrons. The maximum Gasteiger partial charge on any atom is 0.355 e. The molecule has 4 aromatic rings. The summed E-state index contributed by atoms with van der Waals surface area (Å²) in [6, 6.07) is 25.2. The van der Waals surface area contributed by atoms with E-state index >= 15 is 0 Å². The number of aromatic nitrogens is 2. The van der Waals surface area contributed by atoms with Crippen molar-refractivity contribution >= 4 is 28.7 Å². The first kappa shape index (κ1) is 24.4. The fraction of sp³-hybridized carbons (Fsp3) is 0.214. The number of hydrazine groups is 1. The lowest BCUT2D eigenvalue weighted by Gasteiger charge is -2.35. The van der Waals surface area contributed by atoms with Crippen LogP contribution in [0.5, 0.6) is 11.5 Å². The first-order chi connectivity index (χ1) is 19.2. The molecule has 0 bridgehead atoms. The number of para-hydroxylation sites is 2. The highest BCUT2D eigenvalue weighted by atomic mass is 16.7. The summed E-state index contributed by atoms with van der Waals surface area (Å²) >= 11 is 0. The Bertz CT molecular complexity index is 1410. The van der Waals surface area contributed by atoms with E-state index in [1.54, 1.807) is 5.01 Å². The van der Waals surface area contributed by atoms with Crippen molar-refractivity contribution in [3.63, 3.8) is 0 Å². The highest BCUT2D eigenvalue weighted by Crippen LogP contribution is 2.36. The van der Waals surface area contributed by atoms with Gasteiger partial charge in [-0.15, -0.1) is 0 Å². The van der Waals surface area contributed by atoms with Crippen molar-refractivity contribution in [2.75, 3.05) is 48.3 Å². The zero-order valence-corrected chi connectivity index (χ0v) is 21.1. The number of fused-ring (bicyclic) bond motifs is 1. The molecule has 0 spiro atoms. The number of hydrogen-bond donors (Lipinski definition) is 1. The van der Waals surface area contributed by atoms with E-state index in [2.05, 4.69) is 20.3 Å². The molecule has 11 heteroatoms. The van der Waals surface area contributed by atoms with E-state index in [1.165, 1.54) is 6.33 Å². The van der Waals surface area contributed by atoms with E-state index in [0.29, 0.717) is 18.9 Å². The molecule has 3 heterocycles. The molecule has 1 N–H and O–H groups in total. The van der Waals surface area contributed by atoms with Crippen molar-refractivity contribution in [2.24, 2.45) is 0 Å². The van der Waals surface area contributed by atoms with Gasteiger partial charge >= 0.3 is 5.69 Å². The van der Waals surface area contributed by atoms with E-state index in [0.717, 1.165) is 48.1 Å². The molecule has 2 aliphatic rings. The van der Waals surface area contributed by atoms with Crippen molar-refractivity contribution in [3.8, 4) is 11.5 Å². The van der Waals surface area contributed by atoms with Gasteiger partial charge in [0.05, 0.1) is 16.3 Å². The zero-order chi connectivity index (χ0) is 26.6. The second kappa shape index (κ2) is 10.8. The summed E-state index contributed by atoms with van der Waals surface area (Å²) in [6.07, 6.45) is 1.37. The molecule has 2 aliphatic heterocycles. The summed E-state index contributed by atoms with van der Waals surface area (Å²) in [6.45, 7) is 3.68. The van der Waals surface area contributed by atoms with Gasteiger partial charge < -0.3 is 14.4 Å². The highest BCUT2D eigenvalue weighted by Gasteiger charge is 2.30. The number of ether oxygens (including phenoxy) is 2. The van der Waals surface area contributed by atoms with Crippen molar-refractivity contribution in [1.29, 1.82) is 0 Å². The van der Waals surface area contributed by atoms with Crippen LogP contribution in [-0.4, -0.2) is 52.8 Å². The summed E-state index contributed by atoms with van der Waals surface area (Å²) in [5.74, 6) is 1.96. The number of nitro groups is 1. The van der Waals surface area contributed by atoms with Gasteiger partial charge in [0.25, 0.3) is 0 Å². The average molecular weight is 526 g/mol. The van der Waals surface area contributed by atoms with Gasteiger partial charge in [-0.1, -0.05) is 42.5 Å². The number of anilines is 4. The minimum absolute atomic E-state index is 0.125. The number of rotatable bonds is 8. The third kappa shape index (κ3) is 5.25. The Morgan fingerprint density at radius 1 is 0.872 bits per heavy atom. The van der Waals surface area contributed by atoms with E-state index in [9.17, 15) is 10.1 Å². The number of nitrogens with zero attached hydrogens (tertiary/aromatic N) is 6. The van der Waals surface area contributed by atoms with Gasteiger partial charge in [0.1, 0.15) is 6.33 Å². The molecule has 11 nitrogen and oxygen atoms in total. The third-order valence-electron chi connectivity index (χ3n) is 6.75. The number of benzene rings is 3. The molecule has 0 saturated carbocycles. The Hall–Kier alpha value is -4.90. The molecule has 0 amide bonds. The number of hydrogen-bond acceptors (Lipinski definition) is 10. The molecule has 0 unspecified atom stereocenters. The van der Waals surface area contributed by atoms with Gasteiger partial charge in [-0.2, -0.15) is 0 Å². The van der Waals surface area contributed by atoms with E-state index < -0.39 is 4.92 Å². The minimum Gasteiger partial charge on any atom is -0.454 e. The molecule has 0 atom stereocenters. The van der Waals surface area contributed by atoms with E-state index in [-0.39, 0.29) is 18.3 Å². The van der Waals surface area contributed by atoms with Crippen LogP contribution in [0.15, 0.2) is 85.2 Å². The zero-order valence-electron chi connectivity index (χ0n) is 21.1. The molecule has 0 aliphatic carbocycles. The van der Waals surface area contributed by atoms with E-state index in [4.69, 9.17) is 9.47 Å². The molecule has 39 heavy (non-hydrogen) atoms. The van der Waals surface area contributed by atoms with E-state index in [1.807, 2.05) is 83.8 Å². The number of piperazine rings is 1. The Balaban J connectivity index is 1.21. The summed E-state index contributed by atoms with van der Waals surface area (Å²) in [5, 5.41) is 14.1. The van der Waals surface area contributed by atoms with Crippen molar-refractivity contribution in [1.82, 2.24) is 14.9 Å². The molecule has 1 aromatic heterocycles. The quantitative estimate of drug-likeness (QED) is 0.259. The van der Waals surface area contributed by atoms with Crippen LogP contribution in [-0.2, 0) is 6.54 Å². The first-order valence-corrected chi connectivity index (χ1v) is 12.7. The summed E-state index contributed by atoms with van der Waals surface area (Å²) in [5.41, 5.74) is 5.79. The smallest absolute Gasteiger partial charge is 0.355 e. The summed E-state index contributed by atoms with van der Waals surface area (Å²) in [4.78, 5) is 24.8. The molecule has 3 aromatic carbocycles. The molecule has 6 rings (SSSR count). The Kier molecular flexibility index (Phi) is 6.79. The predicted octanol–water partition coefficient (Wildman–Crippen LogP) is 4.60. The lowest BCUT2D eigenvalue weighted by Crippen LogP contribution is -2.46. The third-order valence-corrected chi connectivity index (χ3v) is 6.75. The maximum atomic E-state index is 12.3. The van der Waals surface area contributed by atoms with Crippen LogP contribution < -0.4 is 24.8 Å². The topological polar surface area (TPSA) is 109 Å². The molecule has 198 valence electrons. The van der Waals surface area contributed by atoms with Gasteiger partial charge in [-0.3, -0.25) is 25.4 Å². The van der Waals surface area contributed by atoms with Crippen LogP contribution >= 0.6 is 0 Å². The molecule has 1 fully saturated rings. The highest BCUT2D eigenvalue weighted by molar-refractivity contribution is 5.75. The standard InChI is InChI=1S/C28H27N7O4/c36-35(37)26-27(31-34(22-7-3-1-4-8-22)23-9-5-2-6-10-23)29-19-30-28(26)33-15-13-32(14-16-33)18-21-11-12-24-25(17-21)39-20-38-24/h1-12,17,19H,13-16,18,20H2,(H,29,30,31). The minimum atomic E-state index is -0.412. The average Bonchev–Trinajstić information content (AvgIpc) is 3.45. The van der Waals surface area contributed by atoms with Crippen molar-refractivity contribution in [2.45, 2.75) is 6.54 Å². The monoisotopic (exact) mass is 525 g/mol. The van der Waals surface area contributed by atoms with Gasteiger partial charge in [-0.05, 0) is 42.0 Å². The van der Waals surface area contributed by atoms with Gasteiger partial charge in [0.2, 0.25) is 18.4 Å². The Morgan fingerprint density at radius 3 is 2.21 bits per heavy atom. The van der Waals surface area contributed by atoms with Crippen molar-refractivity contribution < 1.29 is 14.4 Å². The van der Waals surface area contributed by atoms with Gasteiger partial charge in [0, 0.05) is 32.7 Å². The predicted molar refractivity (Wildman–Crippen MR) is 147 cm³/mol. The second-order valence-corrected chi connectivity index (χ2v) is 9.22. The van der Waals surface area contributed by atoms with Crippen LogP contribution in [0.1, 0.15) is 5.56 Å². The lowest BCUT2D eigenvalue weighted by atomic mass is 10.1. The maximum absolute atomic E-state index is 12.3. The van der Waals surface area contributed by atoms with Crippen LogP contribution in [0, 0.1) is 10.1 Å². The second-order valence-electron chi connectivity index (χ2n) is 9.22. The molecular weight excluding hydrogens is 498 g/mol. The fourth-order valence-electron chi connectivity index (χ4n) is 4.80. The largest absolute Gasteiger partial charge is 0.454 e. The molecular formula is C28H27N7O4.